The molecule has 2 fully saturated rings. The first-order valence-electron chi connectivity index (χ1n) is 10.1. The molecule has 0 aliphatic carbocycles. The van der Waals surface area contributed by atoms with Crippen LogP contribution in [0, 0.1) is 5.92 Å². The van der Waals surface area contributed by atoms with Gasteiger partial charge in [0, 0.05) is 36.8 Å². The largest absolute Gasteiger partial charge is 0.431 e. The molecular weight excluding hydrogens is 369 g/mol. The number of nitrogens with zero attached hydrogens (tertiary/aromatic N) is 3. The van der Waals surface area contributed by atoms with Crippen molar-refractivity contribution in [2.45, 2.75) is 32.0 Å². The van der Waals surface area contributed by atoms with E-state index < -0.39 is 11.9 Å². The van der Waals surface area contributed by atoms with E-state index in [1.807, 2.05) is 0 Å². The lowest BCUT2D eigenvalue weighted by molar-refractivity contribution is -0.141. The Morgan fingerprint density at radius 3 is 2.57 bits per heavy atom. The molecule has 1 N–H and O–H groups in total. The maximum Gasteiger partial charge on any atom is 0.431 e. The van der Waals surface area contributed by atoms with Crippen LogP contribution in [0.25, 0.3) is 11.0 Å². The van der Waals surface area contributed by atoms with E-state index in [0.717, 1.165) is 58.8 Å². The van der Waals surface area contributed by atoms with E-state index in [1.54, 1.807) is 12.1 Å². The molecule has 2 aromatic heterocycles. The molecular formula is C20H27F3N4O. The fourth-order valence-electron chi connectivity index (χ4n) is 4.33. The first-order chi connectivity index (χ1) is 13.5. The lowest BCUT2D eigenvalue weighted by atomic mass is 9.93. The summed E-state index contributed by atoms with van der Waals surface area (Å²) in [6, 6.07) is 3.41. The summed E-state index contributed by atoms with van der Waals surface area (Å²) in [4.78, 5) is 11.1. The van der Waals surface area contributed by atoms with E-state index in [2.05, 4.69) is 19.8 Å². The van der Waals surface area contributed by atoms with Gasteiger partial charge in [-0.3, -0.25) is 9.80 Å². The smallest absolute Gasteiger partial charge is 0.379 e. The first-order valence-corrected chi connectivity index (χ1v) is 10.1. The highest BCUT2D eigenvalue weighted by Crippen LogP contribution is 2.36. The second-order valence-electron chi connectivity index (χ2n) is 7.84. The number of pyridine rings is 1. The molecule has 2 saturated heterocycles. The van der Waals surface area contributed by atoms with Crippen molar-refractivity contribution in [3.63, 3.8) is 0 Å². The maximum atomic E-state index is 13.5. The van der Waals surface area contributed by atoms with Gasteiger partial charge in [0.1, 0.15) is 11.3 Å². The van der Waals surface area contributed by atoms with Crippen LogP contribution < -0.4 is 0 Å². The highest BCUT2D eigenvalue weighted by Gasteiger charge is 2.37. The minimum absolute atomic E-state index is 0.310. The number of alkyl halides is 3. The molecule has 4 heterocycles. The Morgan fingerprint density at radius 2 is 1.86 bits per heavy atom. The topological polar surface area (TPSA) is 44.4 Å². The van der Waals surface area contributed by atoms with Gasteiger partial charge in [0.05, 0.1) is 13.2 Å². The number of ether oxygens (including phenoxy) is 1. The molecule has 2 aliphatic heterocycles. The Bertz CT molecular complexity index is 777. The van der Waals surface area contributed by atoms with Crippen molar-refractivity contribution < 1.29 is 17.9 Å². The van der Waals surface area contributed by atoms with E-state index in [4.69, 9.17) is 4.74 Å². The number of aromatic nitrogens is 2. The Morgan fingerprint density at radius 1 is 1.11 bits per heavy atom. The monoisotopic (exact) mass is 396 g/mol. The molecule has 8 heteroatoms. The number of H-pyrrole nitrogens is 1. The maximum absolute atomic E-state index is 13.5. The predicted octanol–water partition coefficient (Wildman–Crippen LogP) is 3.52. The van der Waals surface area contributed by atoms with Crippen LogP contribution in [-0.2, 0) is 17.5 Å². The number of morpholine rings is 1. The third-order valence-electron chi connectivity index (χ3n) is 6.01. The van der Waals surface area contributed by atoms with E-state index in [0.29, 0.717) is 29.1 Å². The van der Waals surface area contributed by atoms with Crippen LogP contribution in [0.4, 0.5) is 13.2 Å². The summed E-state index contributed by atoms with van der Waals surface area (Å²) in [5.41, 5.74) is -0.0248. The van der Waals surface area contributed by atoms with Crippen molar-refractivity contribution in [1.82, 2.24) is 19.8 Å². The molecule has 0 spiro atoms. The van der Waals surface area contributed by atoms with Gasteiger partial charge >= 0.3 is 6.18 Å². The van der Waals surface area contributed by atoms with Gasteiger partial charge in [-0.05, 0) is 56.9 Å². The van der Waals surface area contributed by atoms with Crippen LogP contribution in [0.1, 0.15) is 30.5 Å². The van der Waals surface area contributed by atoms with Crippen molar-refractivity contribution in [3.05, 3.63) is 29.6 Å². The zero-order valence-corrected chi connectivity index (χ0v) is 16.0. The van der Waals surface area contributed by atoms with E-state index in [1.165, 1.54) is 12.6 Å². The van der Waals surface area contributed by atoms with Gasteiger partial charge in [-0.25, -0.2) is 4.98 Å². The second kappa shape index (κ2) is 8.39. The van der Waals surface area contributed by atoms with Crippen molar-refractivity contribution in [3.8, 4) is 0 Å². The predicted molar refractivity (Wildman–Crippen MR) is 101 cm³/mol. The minimum Gasteiger partial charge on any atom is -0.379 e. The molecule has 0 saturated carbocycles. The molecule has 0 radical (unpaired) electrons. The van der Waals surface area contributed by atoms with Crippen LogP contribution in [0.15, 0.2) is 18.3 Å². The number of likely N-dealkylation sites (tertiary alicyclic amines) is 1. The normalized spacial score (nSPS) is 20.8. The number of rotatable bonds is 5. The average Bonchev–Trinajstić information content (AvgIpc) is 3.07. The molecule has 2 aliphatic rings. The SMILES string of the molecule is FC(F)(F)c1[nH]c2ncccc2c1CN1CCC(CCN2CCOCC2)CC1. The molecule has 0 aromatic carbocycles. The lowest BCUT2D eigenvalue weighted by Crippen LogP contribution is -2.39. The molecule has 2 aromatic rings. The highest BCUT2D eigenvalue weighted by molar-refractivity contribution is 5.81. The van der Waals surface area contributed by atoms with Crippen molar-refractivity contribution in [2.24, 2.45) is 5.92 Å². The summed E-state index contributed by atoms with van der Waals surface area (Å²) in [7, 11) is 0. The van der Waals surface area contributed by atoms with Gasteiger partial charge in [0.25, 0.3) is 0 Å². The number of hydrogen-bond donors (Lipinski definition) is 1. The van der Waals surface area contributed by atoms with Crippen molar-refractivity contribution >= 4 is 11.0 Å². The molecule has 0 atom stereocenters. The van der Waals surface area contributed by atoms with Gasteiger partial charge in [0.15, 0.2) is 0 Å². The van der Waals surface area contributed by atoms with E-state index in [-0.39, 0.29) is 0 Å². The fraction of sp³-hybridized carbons (Fsp3) is 0.650. The quantitative estimate of drug-likeness (QED) is 0.840. The average molecular weight is 396 g/mol. The number of nitrogens with one attached hydrogen (secondary N) is 1. The third-order valence-corrected chi connectivity index (χ3v) is 6.01. The standard InChI is InChI=1S/C20H27F3N4O/c21-20(22,23)18-17(16-2-1-6-24-19(16)25-18)14-27-8-4-15(5-9-27)3-7-26-10-12-28-13-11-26/h1-2,6,15H,3-5,7-14H2,(H,24,25). The number of hydrogen-bond acceptors (Lipinski definition) is 4. The summed E-state index contributed by atoms with van der Waals surface area (Å²) in [6.45, 7) is 6.76. The van der Waals surface area contributed by atoms with Gasteiger partial charge in [-0.15, -0.1) is 0 Å². The zero-order chi connectivity index (χ0) is 19.6. The molecule has 5 nitrogen and oxygen atoms in total. The number of halogens is 3. The number of piperidine rings is 1. The molecule has 0 amide bonds. The molecule has 0 unspecified atom stereocenters. The molecule has 154 valence electrons. The van der Waals surface area contributed by atoms with Crippen LogP contribution in [0.3, 0.4) is 0 Å². The number of aromatic amines is 1. The molecule has 0 bridgehead atoms. The first kappa shape index (κ1) is 19.7. The highest BCUT2D eigenvalue weighted by atomic mass is 19.4. The Labute approximate surface area is 162 Å². The summed E-state index contributed by atoms with van der Waals surface area (Å²) in [5, 5.41) is 0.573. The summed E-state index contributed by atoms with van der Waals surface area (Å²) in [6.07, 6.45) is 0.381. The van der Waals surface area contributed by atoms with Crippen molar-refractivity contribution in [1.29, 1.82) is 0 Å². The van der Waals surface area contributed by atoms with Gasteiger partial charge < -0.3 is 9.72 Å². The second-order valence-corrected chi connectivity index (χ2v) is 7.84. The van der Waals surface area contributed by atoms with E-state index >= 15 is 0 Å². The Hall–Kier alpha value is -1.64. The van der Waals surface area contributed by atoms with Crippen LogP contribution in [0.2, 0.25) is 0 Å². The number of fused-ring (bicyclic) bond motifs is 1. The van der Waals surface area contributed by atoms with Gasteiger partial charge in [-0.1, -0.05) is 0 Å². The molecule has 28 heavy (non-hydrogen) atoms. The third kappa shape index (κ3) is 4.50. The minimum atomic E-state index is -4.40. The zero-order valence-electron chi connectivity index (χ0n) is 16.0. The van der Waals surface area contributed by atoms with E-state index in [9.17, 15) is 13.2 Å². The van der Waals surface area contributed by atoms with Gasteiger partial charge in [0.2, 0.25) is 0 Å². The van der Waals surface area contributed by atoms with Crippen molar-refractivity contribution in [2.75, 3.05) is 45.9 Å². The Balaban J connectivity index is 1.36. The van der Waals surface area contributed by atoms with Crippen LogP contribution in [-0.4, -0.2) is 65.7 Å². The Kier molecular flexibility index (Phi) is 5.89. The van der Waals surface area contributed by atoms with Crippen LogP contribution >= 0.6 is 0 Å². The summed E-state index contributed by atoms with van der Waals surface area (Å²) >= 11 is 0. The summed E-state index contributed by atoms with van der Waals surface area (Å²) < 4.78 is 45.9. The summed E-state index contributed by atoms with van der Waals surface area (Å²) in [5.74, 6) is 0.658. The van der Waals surface area contributed by atoms with Gasteiger partial charge in [-0.2, -0.15) is 13.2 Å². The van der Waals surface area contributed by atoms with Crippen LogP contribution in [0.5, 0.6) is 0 Å². The fourth-order valence-corrected chi connectivity index (χ4v) is 4.33. The lowest BCUT2D eigenvalue weighted by Gasteiger charge is -2.34. The molecule has 4 rings (SSSR count).